The Morgan fingerprint density at radius 2 is 2.00 bits per heavy atom. The Morgan fingerprint density at radius 1 is 1.32 bits per heavy atom. The molecule has 1 N–H and O–H groups in total. The minimum Gasteiger partial charge on any atom is -0.303 e. The van der Waals surface area contributed by atoms with Crippen molar-refractivity contribution in [2.75, 3.05) is 0 Å². The molecule has 19 heavy (non-hydrogen) atoms. The van der Waals surface area contributed by atoms with Crippen molar-refractivity contribution in [2.24, 2.45) is 5.41 Å². The smallest absolute Gasteiger partial charge is 0.114 e. The fourth-order valence-corrected chi connectivity index (χ4v) is 4.87. The molecule has 1 aromatic heterocycles. The van der Waals surface area contributed by atoms with E-state index in [4.69, 9.17) is 4.98 Å². The van der Waals surface area contributed by atoms with Crippen LogP contribution in [0.1, 0.15) is 69.5 Å². The summed E-state index contributed by atoms with van der Waals surface area (Å²) in [5, 5.41) is 5.19. The number of nitrogens with one attached hydrogen (secondary N) is 1. The van der Waals surface area contributed by atoms with Crippen LogP contribution in [0.25, 0.3) is 0 Å². The fraction of sp³-hybridized carbons (Fsp3) is 0.812. The molecule has 0 amide bonds. The van der Waals surface area contributed by atoms with Crippen molar-refractivity contribution in [3.05, 3.63) is 15.6 Å². The molecule has 1 aromatic rings. The first kappa shape index (κ1) is 15.0. The molecule has 1 aliphatic rings. The summed E-state index contributed by atoms with van der Waals surface area (Å²) in [6, 6.07) is 0.492. The van der Waals surface area contributed by atoms with E-state index in [2.05, 4.69) is 46.9 Å². The molecule has 108 valence electrons. The molecule has 0 aliphatic heterocycles. The van der Waals surface area contributed by atoms with Gasteiger partial charge in [0.15, 0.2) is 0 Å². The number of hydrogen-bond donors (Lipinski definition) is 1. The molecule has 0 aromatic carbocycles. The van der Waals surface area contributed by atoms with Gasteiger partial charge in [-0.2, -0.15) is 0 Å². The zero-order valence-corrected chi connectivity index (χ0v) is 14.1. The first-order chi connectivity index (χ1) is 8.82. The van der Waals surface area contributed by atoms with Crippen LogP contribution in [0.2, 0.25) is 0 Å². The average molecular weight is 280 g/mol. The van der Waals surface area contributed by atoms with Crippen molar-refractivity contribution < 1.29 is 0 Å². The predicted molar refractivity (Wildman–Crippen MR) is 83.8 cm³/mol. The molecule has 2 rings (SSSR count). The summed E-state index contributed by atoms with van der Waals surface area (Å²) in [7, 11) is 0. The summed E-state index contributed by atoms with van der Waals surface area (Å²) in [6.45, 7) is 13.7. The van der Waals surface area contributed by atoms with Crippen LogP contribution in [0.3, 0.4) is 0 Å². The highest BCUT2D eigenvalue weighted by molar-refractivity contribution is 7.11. The maximum atomic E-state index is 4.99. The third kappa shape index (κ3) is 2.47. The van der Waals surface area contributed by atoms with Gasteiger partial charge in [0, 0.05) is 10.9 Å². The van der Waals surface area contributed by atoms with Crippen LogP contribution in [0.4, 0.5) is 0 Å². The third-order valence-electron chi connectivity index (χ3n) is 4.64. The van der Waals surface area contributed by atoms with Gasteiger partial charge in [0.1, 0.15) is 5.01 Å². The maximum Gasteiger partial charge on any atom is 0.114 e. The molecule has 0 bridgehead atoms. The second-order valence-corrected chi connectivity index (χ2v) is 8.02. The largest absolute Gasteiger partial charge is 0.303 e. The molecule has 3 heteroatoms. The minimum atomic E-state index is 0.0734. The summed E-state index contributed by atoms with van der Waals surface area (Å²) < 4.78 is 0. The first-order valence-corrected chi connectivity index (χ1v) is 8.38. The number of aryl methyl sites for hydroxylation is 2. The van der Waals surface area contributed by atoms with E-state index in [9.17, 15) is 0 Å². The summed E-state index contributed by atoms with van der Waals surface area (Å²) in [4.78, 5) is 6.38. The average Bonchev–Trinajstić information content (AvgIpc) is 2.80. The molecule has 1 saturated carbocycles. The van der Waals surface area contributed by atoms with Gasteiger partial charge in [-0.15, -0.1) is 11.3 Å². The van der Waals surface area contributed by atoms with Crippen LogP contribution >= 0.6 is 11.3 Å². The Kier molecular flexibility index (Phi) is 4.08. The van der Waals surface area contributed by atoms with Crippen LogP contribution in [0.5, 0.6) is 0 Å². The first-order valence-electron chi connectivity index (χ1n) is 7.57. The molecule has 0 spiro atoms. The molecule has 0 saturated heterocycles. The van der Waals surface area contributed by atoms with E-state index in [0.29, 0.717) is 6.04 Å². The van der Waals surface area contributed by atoms with Crippen molar-refractivity contribution >= 4 is 11.3 Å². The van der Waals surface area contributed by atoms with Gasteiger partial charge >= 0.3 is 0 Å². The lowest BCUT2D eigenvalue weighted by molar-refractivity contribution is 0.143. The molecule has 0 radical (unpaired) electrons. The molecule has 1 aliphatic carbocycles. The van der Waals surface area contributed by atoms with Gasteiger partial charge in [0.25, 0.3) is 0 Å². The standard InChI is InChI=1S/C16H28N2S/c1-7-13-12(4)19-14(17-13)16(18-11(2)3)10-8-9-15(16,5)6/h11,18H,7-10H2,1-6H3. The highest BCUT2D eigenvalue weighted by atomic mass is 32.1. The highest BCUT2D eigenvalue weighted by Crippen LogP contribution is 2.53. The number of aromatic nitrogens is 1. The number of thiazole rings is 1. The van der Waals surface area contributed by atoms with Crippen LogP contribution in [0, 0.1) is 12.3 Å². The fourth-order valence-electron chi connectivity index (χ4n) is 3.50. The van der Waals surface area contributed by atoms with Crippen LogP contribution in [-0.4, -0.2) is 11.0 Å². The summed E-state index contributed by atoms with van der Waals surface area (Å²) in [5.41, 5.74) is 1.64. The van der Waals surface area contributed by atoms with Gasteiger partial charge in [-0.3, -0.25) is 0 Å². The number of nitrogens with zero attached hydrogens (tertiary/aromatic N) is 1. The lowest BCUT2D eigenvalue weighted by Crippen LogP contribution is -2.52. The van der Waals surface area contributed by atoms with Crippen LogP contribution in [0.15, 0.2) is 0 Å². The van der Waals surface area contributed by atoms with Gasteiger partial charge in [-0.05, 0) is 45.4 Å². The molecule has 1 fully saturated rings. The quantitative estimate of drug-likeness (QED) is 0.883. The Bertz CT molecular complexity index is 448. The molecule has 1 atom stereocenters. The van der Waals surface area contributed by atoms with Gasteiger partial charge in [-0.25, -0.2) is 4.98 Å². The van der Waals surface area contributed by atoms with Gasteiger partial charge in [-0.1, -0.05) is 27.2 Å². The molecular weight excluding hydrogens is 252 g/mol. The van der Waals surface area contributed by atoms with Crippen molar-refractivity contribution in [2.45, 2.75) is 78.8 Å². The van der Waals surface area contributed by atoms with E-state index in [1.54, 1.807) is 0 Å². The zero-order valence-electron chi connectivity index (χ0n) is 13.3. The van der Waals surface area contributed by atoms with Gasteiger partial charge in [0.05, 0.1) is 11.2 Å². The normalized spacial score (nSPS) is 26.3. The summed E-state index contributed by atoms with van der Waals surface area (Å²) in [5.74, 6) is 0. The van der Waals surface area contributed by atoms with Crippen molar-refractivity contribution in [3.8, 4) is 0 Å². The predicted octanol–water partition coefficient (Wildman–Crippen LogP) is 4.42. The second-order valence-electron chi connectivity index (χ2n) is 6.82. The highest BCUT2D eigenvalue weighted by Gasteiger charge is 2.52. The monoisotopic (exact) mass is 280 g/mol. The second kappa shape index (κ2) is 5.17. The topological polar surface area (TPSA) is 24.9 Å². The molecule has 1 heterocycles. The minimum absolute atomic E-state index is 0.0734. The Balaban J connectivity index is 2.48. The lowest BCUT2D eigenvalue weighted by Gasteiger charge is -2.42. The Morgan fingerprint density at radius 3 is 2.42 bits per heavy atom. The molecule has 1 unspecified atom stereocenters. The third-order valence-corrected chi connectivity index (χ3v) is 5.81. The SMILES string of the molecule is CCc1nc(C2(NC(C)C)CCCC2(C)C)sc1C. The Hall–Kier alpha value is -0.410. The Labute approximate surface area is 122 Å². The van der Waals surface area contributed by atoms with Crippen molar-refractivity contribution in [1.29, 1.82) is 0 Å². The van der Waals surface area contributed by atoms with E-state index in [1.807, 2.05) is 11.3 Å². The summed E-state index contributed by atoms with van der Waals surface area (Å²) in [6.07, 6.45) is 4.84. The van der Waals surface area contributed by atoms with E-state index < -0.39 is 0 Å². The van der Waals surface area contributed by atoms with Crippen molar-refractivity contribution in [1.82, 2.24) is 10.3 Å². The lowest BCUT2D eigenvalue weighted by atomic mass is 9.74. The van der Waals surface area contributed by atoms with E-state index in [-0.39, 0.29) is 11.0 Å². The zero-order chi connectivity index (χ0) is 14.3. The maximum absolute atomic E-state index is 4.99. The van der Waals surface area contributed by atoms with Crippen LogP contribution < -0.4 is 5.32 Å². The van der Waals surface area contributed by atoms with E-state index >= 15 is 0 Å². The number of rotatable bonds is 4. The van der Waals surface area contributed by atoms with E-state index in [1.165, 1.54) is 34.8 Å². The summed E-state index contributed by atoms with van der Waals surface area (Å²) >= 11 is 1.91. The van der Waals surface area contributed by atoms with Gasteiger partial charge in [0.2, 0.25) is 0 Å². The molecule has 2 nitrogen and oxygen atoms in total. The van der Waals surface area contributed by atoms with Crippen LogP contribution in [-0.2, 0) is 12.0 Å². The van der Waals surface area contributed by atoms with Crippen molar-refractivity contribution in [3.63, 3.8) is 0 Å². The molecular formula is C16H28N2S. The number of hydrogen-bond acceptors (Lipinski definition) is 3. The van der Waals surface area contributed by atoms with E-state index in [0.717, 1.165) is 6.42 Å². The van der Waals surface area contributed by atoms with Gasteiger partial charge < -0.3 is 5.32 Å².